The summed E-state index contributed by atoms with van der Waals surface area (Å²) < 4.78 is 64.7. The summed E-state index contributed by atoms with van der Waals surface area (Å²) in [6, 6.07) is 0. The van der Waals surface area contributed by atoms with E-state index in [4.69, 9.17) is 61.9 Å². The number of methoxy groups -OCH3 is 1. The van der Waals surface area contributed by atoms with Crippen LogP contribution in [0.5, 0.6) is 0 Å². The van der Waals surface area contributed by atoms with Gasteiger partial charge in [-0.25, -0.2) is 0 Å². The van der Waals surface area contributed by atoms with Crippen LogP contribution in [0.1, 0.15) is 38.5 Å². The zero-order valence-corrected chi connectivity index (χ0v) is 32.0. The number of hydrogen-bond acceptors (Lipinski definition) is 15. The van der Waals surface area contributed by atoms with Crippen molar-refractivity contribution in [2.45, 2.75) is 38.5 Å². The van der Waals surface area contributed by atoms with E-state index in [0.717, 1.165) is 12.8 Å². The van der Waals surface area contributed by atoms with Gasteiger partial charge in [-0.3, -0.25) is 14.4 Å². The van der Waals surface area contributed by atoms with Crippen molar-refractivity contribution in [1.82, 2.24) is 10.6 Å². The van der Waals surface area contributed by atoms with Crippen LogP contribution >= 0.6 is 0 Å². The lowest BCUT2D eigenvalue weighted by Crippen LogP contribution is -2.26. The highest BCUT2D eigenvalue weighted by Crippen LogP contribution is 1.99. The standard InChI is InChI=1S/C35H68N2O16/c1-42-11-12-44-15-16-46-19-20-48-23-24-50-27-28-52-31-32-53-30-29-51-26-25-49-22-21-47-18-17-45-14-13-43-10-7-34(39)36-8-4-2-3-5-33(38)37-9-6-35(40)41/h2-32H2,1H3,(H,36,39)(H,37,38)(H,40,41). The second-order valence-corrected chi connectivity index (χ2v) is 11.1. The van der Waals surface area contributed by atoms with Crippen molar-refractivity contribution < 1.29 is 76.3 Å². The van der Waals surface area contributed by atoms with E-state index in [9.17, 15) is 14.4 Å². The van der Waals surface area contributed by atoms with Crippen LogP contribution in [0, 0.1) is 0 Å². The van der Waals surface area contributed by atoms with Gasteiger partial charge < -0.3 is 72.6 Å². The summed E-state index contributed by atoms with van der Waals surface area (Å²) >= 11 is 0. The Morgan fingerprint density at radius 1 is 0.358 bits per heavy atom. The van der Waals surface area contributed by atoms with Crippen LogP contribution in [0.4, 0.5) is 0 Å². The van der Waals surface area contributed by atoms with Crippen LogP contribution in [0.25, 0.3) is 0 Å². The van der Waals surface area contributed by atoms with Crippen LogP contribution in [0.2, 0.25) is 0 Å². The van der Waals surface area contributed by atoms with Crippen molar-refractivity contribution >= 4 is 17.8 Å². The van der Waals surface area contributed by atoms with Gasteiger partial charge in [0.2, 0.25) is 11.8 Å². The normalized spacial score (nSPS) is 11.3. The van der Waals surface area contributed by atoms with Gasteiger partial charge in [-0.1, -0.05) is 6.42 Å². The number of hydrogen-bond donors (Lipinski definition) is 3. The molecule has 0 aliphatic carbocycles. The largest absolute Gasteiger partial charge is 0.481 e. The highest BCUT2D eigenvalue weighted by molar-refractivity contribution is 5.76. The molecule has 0 atom stereocenters. The Morgan fingerprint density at radius 2 is 0.660 bits per heavy atom. The number of nitrogens with one attached hydrogen (secondary N) is 2. The van der Waals surface area contributed by atoms with E-state index in [1.165, 1.54) is 0 Å². The van der Waals surface area contributed by atoms with E-state index in [2.05, 4.69) is 10.6 Å². The molecule has 0 heterocycles. The molecule has 2 amide bonds. The van der Waals surface area contributed by atoms with Gasteiger partial charge in [-0.2, -0.15) is 0 Å². The van der Waals surface area contributed by atoms with Crippen molar-refractivity contribution in [2.24, 2.45) is 0 Å². The smallest absolute Gasteiger partial charge is 0.305 e. The Hall–Kier alpha value is -2.07. The van der Waals surface area contributed by atoms with Crippen LogP contribution < -0.4 is 10.6 Å². The Labute approximate surface area is 315 Å². The lowest BCUT2D eigenvalue weighted by molar-refractivity contribution is -0.137. The first-order chi connectivity index (χ1) is 26.1. The molecule has 0 saturated heterocycles. The minimum atomic E-state index is -0.940. The van der Waals surface area contributed by atoms with Crippen molar-refractivity contribution in [1.29, 1.82) is 0 Å². The van der Waals surface area contributed by atoms with E-state index >= 15 is 0 Å². The van der Waals surface area contributed by atoms with E-state index in [1.54, 1.807) is 7.11 Å². The molecular formula is C35H68N2O16. The number of carboxylic acid groups (broad SMARTS) is 1. The fourth-order valence-corrected chi connectivity index (χ4v) is 3.91. The molecule has 18 heteroatoms. The Bertz CT molecular complexity index is 799. The maximum Gasteiger partial charge on any atom is 0.305 e. The first kappa shape index (κ1) is 50.9. The molecule has 0 radical (unpaired) electrons. The SMILES string of the molecule is COCCOCCOCCOCCOCCOCCOCCOCCOCCOCCOCCOCCC(=O)NCCCCCC(=O)NCCC(=O)O. The minimum absolute atomic E-state index is 0.0834. The van der Waals surface area contributed by atoms with Gasteiger partial charge in [0.25, 0.3) is 0 Å². The van der Waals surface area contributed by atoms with Crippen LogP contribution in [0.15, 0.2) is 0 Å². The topological polar surface area (TPSA) is 206 Å². The quantitative estimate of drug-likeness (QED) is 0.0720. The van der Waals surface area contributed by atoms with Crippen molar-refractivity contribution in [3.63, 3.8) is 0 Å². The number of ether oxygens (including phenoxy) is 12. The molecule has 314 valence electrons. The van der Waals surface area contributed by atoms with Crippen molar-refractivity contribution in [3.8, 4) is 0 Å². The van der Waals surface area contributed by atoms with Gasteiger partial charge in [0.15, 0.2) is 0 Å². The Balaban J connectivity index is 3.16. The Kier molecular flexibility index (Phi) is 42.6. The molecule has 53 heavy (non-hydrogen) atoms. The van der Waals surface area contributed by atoms with Gasteiger partial charge in [-0.05, 0) is 12.8 Å². The lowest BCUT2D eigenvalue weighted by Gasteiger charge is -2.09. The molecule has 0 rings (SSSR count). The van der Waals surface area contributed by atoms with E-state index in [1.807, 2.05) is 0 Å². The molecule has 0 spiro atoms. The van der Waals surface area contributed by atoms with Gasteiger partial charge in [-0.15, -0.1) is 0 Å². The number of carbonyl (C=O) groups is 3. The third kappa shape index (κ3) is 46.0. The van der Waals surface area contributed by atoms with Crippen LogP contribution in [-0.4, -0.2) is 195 Å². The summed E-state index contributed by atoms with van der Waals surface area (Å²) in [6.45, 7) is 11.8. The second-order valence-electron chi connectivity index (χ2n) is 11.1. The molecule has 3 N–H and O–H groups in total. The number of unbranched alkanes of at least 4 members (excludes halogenated alkanes) is 2. The lowest BCUT2D eigenvalue weighted by atomic mass is 10.2. The number of carbonyl (C=O) groups excluding carboxylic acids is 2. The maximum absolute atomic E-state index is 11.8. The first-order valence-corrected chi connectivity index (χ1v) is 18.7. The molecule has 0 aromatic carbocycles. The predicted octanol–water partition coefficient (Wildman–Crippen LogP) is 0.473. The monoisotopic (exact) mass is 772 g/mol. The summed E-state index contributed by atoms with van der Waals surface area (Å²) in [7, 11) is 1.64. The average molecular weight is 773 g/mol. The predicted molar refractivity (Wildman–Crippen MR) is 192 cm³/mol. The van der Waals surface area contributed by atoms with Crippen LogP contribution in [0.3, 0.4) is 0 Å². The summed E-state index contributed by atoms with van der Waals surface area (Å²) in [4.78, 5) is 33.8. The molecular weight excluding hydrogens is 704 g/mol. The summed E-state index contributed by atoms with van der Waals surface area (Å²) in [6.07, 6.45) is 2.78. The van der Waals surface area contributed by atoms with Crippen molar-refractivity contribution in [2.75, 3.05) is 172 Å². The molecule has 0 aliphatic heterocycles. The van der Waals surface area contributed by atoms with Gasteiger partial charge in [0.05, 0.1) is 158 Å². The molecule has 0 aromatic rings. The molecule has 0 bridgehead atoms. The molecule has 0 aliphatic rings. The minimum Gasteiger partial charge on any atom is -0.481 e. The highest BCUT2D eigenvalue weighted by atomic mass is 16.6. The number of rotatable bonds is 45. The van der Waals surface area contributed by atoms with Gasteiger partial charge >= 0.3 is 5.97 Å². The molecule has 0 unspecified atom stereocenters. The fourth-order valence-electron chi connectivity index (χ4n) is 3.91. The maximum atomic E-state index is 11.8. The van der Waals surface area contributed by atoms with E-state index < -0.39 is 5.97 Å². The molecule has 0 saturated carbocycles. The van der Waals surface area contributed by atoms with Gasteiger partial charge in [0, 0.05) is 33.0 Å². The summed E-state index contributed by atoms with van der Waals surface area (Å²) in [5.41, 5.74) is 0. The van der Waals surface area contributed by atoms with Crippen molar-refractivity contribution in [3.05, 3.63) is 0 Å². The summed E-state index contributed by atoms with van der Waals surface area (Å²) in [5, 5.41) is 13.9. The fraction of sp³-hybridized carbons (Fsp3) is 0.914. The molecule has 0 fully saturated rings. The molecule has 18 nitrogen and oxygen atoms in total. The third-order valence-electron chi connectivity index (χ3n) is 6.69. The van der Waals surface area contributed by atoms with E-state index in [0.29, 0.717) is 171 Å². The van der Waals surface area contributed by atoms with Gasteiger partial charge in [0.1, 0.15) is 0 Å². The second kappa shape index (κ2) is 44.3. The third-order valence-corrected chi connectivity index (χ3v) is 6.69. The number of amides is 2. The Morgan fingerprint density at radius 3 is 1.00 bits per heavy atom. The van der Waals surface area contributed by atoms with E-state index in [-0.39, 0.29) is 31.2 Å². The zero-order chi connectivity index (χ0) is 38.6. The zero-order valence-electron chi connectivity index (χ0n) is 32.0. The highest BCUT2D eigenvalue weighted by Gasteiger charge is 2.04. The summed E-state index contributed by atoms with van der Waals surface area (Å²) in [5.74, 6) is -1.18. The average Bonchev–Trinajstić information content (AvgIpc) is 3.14. The number of aliphatic carboxylic acids is 1. The number of carboxylic acids is 1. The van der Waals surface area contributed by atoms with Crippen LogP contribution in [-0.2, 0) is 71.2 Å². The first-order valence-electron chi connectivity index (χ1n) is 18.7. The molecule has 0 aromatic heterocycles.